The van der Waals surface area contributed by atoms with E-state index < -0.39 is 5.97 Å². The molecule has 0 saturated carbocycles. The number of aryl methyl sites for hydroxylation is 2. The Hall–Kier alpha value is -2.22. The maximum atomic E-state index is 10.6. The van der Waals surface area contributed by atoms with Gasteiger partial charge in [-0.15, -0.1) is 6.42 Å². The van der Waals surface area contributed by atoms with E-state index in [1.807, 2.05) is 25.8 Å². The normalized spacial score (nSPS) is 10.6. The number of nitrogens with zero attached hydrogens (tertiary/aromatic N) is 3. The van der Waals surface area contributed by atoms with E-state index in [0.717, 1.165) is 29.7 Å². The van der Waals surface area contributed by atoms with Gasteiger partial charge in [-0.2, -0.15) is 5.10 Å². The lowest BCUT2D eigenvalue weighted by atomic mass is 10.2. The third kappa shape index (κ3) is 2.92. The van der Waals surface area contributed by atoms with Gasteiger partial charge in [-0.3, -0.25) is 4.68 Å². The molecule has 0 atom stereocenters. The van der Waals surface area contributed by atoms with Crippen LogP contribution in [0.15, 0.2) is 6.08 Å². The summed E-state index contributed by atoms with van der Waals surface area (Å²) in [5.74, 6) is 2.45. The van der Waals surface area contributed by atoms with Crippen molar-refractivity contribution in [1.82, 2.24) is 9.78 Å². The second-order valence-corrected chi connectivity index (χ2v) is 3.84. The Labute approximate surface area is 107 Å². The number of carboxylic acids is 1. The fourth-order valence-corrected chi connectivity index (χ4v) is 1.83. The quantitative estimate of drug-likeness (QED) is 0.629. The Bertz CT molecular complexity index is 509. The summed E-state index contributed by atoms with van der Waals surface area (Å²) in [6, 6.07) is 0. The lowest BCUT2D eigenvalue weighted by Gasteiger charge is -2.21. The zero-order valence-electron chi connectivity index (χ0n) is 10.8. The van der Waals surface area contributed by atoms with E-state index in [2.05, 4.69) is 11.0 Å². The van der Waals surface area contributed by atoms with Crippen LogP contribution in [0.3, 0.4) is 0 Å². The highest BCUT2D eigenvalue weighted by Crippen LogP contribution is 2.24. The van der Waals surface area contributed by atoms with Gasteiger partial charge in [0.15, 0.2) is 0 Å². The highest BCUT2D eigenvalue weighted by Gasteiger charge is 2.16. The minimum Gasteiger partial charge on any atom is -0.478 e. The molecular weight excluding hydrogens is 230 g/mol. The highest BCUT2D eigenvalue weighted by atomic mass is 16.4. The number of carbonyl (C=O) groups is 1. The number of hydrogen-bond donors (Lipinski definition) is 1. The summed E-state index contributed by atoms with van der Waals surface area (Å²) in [6.45, 7) is 5.03. The molecule has 96 valence electrons. The zero-order valence-corrected chi connectivity index (χ0v) is 10.8. The van der Waals surface area contributed by atoms with Crippen molar-refractivity contribution in [3.05, 3.63) is 17.3 Å². The summed E-state index contributed by atoms with van der Waals surface area (Å²) in [5.41, 5.74) is 1.57. The summed E-state index contributed by atoms with van der Waals surface area (Å²) in [6.07, 6.45) is 8.00. The molecule has 0 radical (unpaired) electrons. The number of carboxylic acid groups (broad SMARTS) is 1. The van der Waals surface area contributed by atoms with Gasteiger partial charge >= 0.3 is 5.97 Å². The van der Waals surface area contributed by atoms with E-state index in [9.17, 15) is 4.79 Å². The Balaban J connectivity index is 3.25. The minimum atomic E-state index is -0.982. The lowest BCUT2D eigenvalue weighted by Crippen LogP contribution is -2.25. The zero-order chi connectivity index (χ0) is 13.7. The molecule has 18 heavy (non-hydrogen) atoms. The second-order valence-electron chi connectivity index (χ2n) is 3.84. The monoisotopic (exact) mass is 247 g/mol. The van der Waals surface area contributed by atoms with Gasteiger partial charge in [0.1, 0.15) is 5.82 Å². The molecule has 0 unspecified atom stereocenters. The third-order valence-electron chi connectivity index (χ3n) is 2.59. The first-order valence-corrected chi connectivity index (χ1v) is 5.64. The molecule has 0 aliphatic rings. The van der Waals surface area contributed by atoms with Crippen molar-refractivity contribution in [2.45, 2.75) is 13.8 Å². The van der Waals surface area contributed by atoms with Crippen LogP contribution in [0.2, 0.25) is 0 Å². The van der Waals surface area contributed by atoms with Crippen LogP contribution in [0.4, 0.5) is 5.82 Å². The second kappa shape index (κ2) is 5.92. The predicted molar refractivity (Wildman–Crippen MR) is 71.3 cm³/mol. The van der Waals surface area contributed by atoms with E-state index in [-0.39, 0.29) is 0 Å². The Morgan fingerprint density at radius 1 is 1.67 bits per heavy atom. The number of aromatic nitrogens is 2. The van der Waals surface area contributed by atoms with Gasteiger partial charge in [-0.1, -0.05) is 5.92 Å². The molecule has 5 heteroatoms. The van der Waals surface area contributed by atoms with Crippen LogP contribution >= 0.6 is 0 Å². The molecule has 0 aliphatic heterocycles. The Morgan fingerprint density at radius 3 is 2.83 bits per heavy atom. The van der Waals surface area contributed by atoms with Crippen molar-refractivity contribution in [2.24, 2.45) is 7.05 Å². The first-order chi connectivity index (χ1) is 8.51. The largest absolute Gasteiger partial charge is 0.478 e. The van der Waals surface area contributed by atoms with Gasteiger partial charge in [-0.05, 0) is 19.9 Å². The van der Waals surface area contributed by atoms with Crippen molar-refractivity contribution in [3.8, 4) is 12.3 Å². The number of aliphatic carboxylic acids is 1. The number of rotatable bonds is 5. The number of terminal acetylenes is 1. The molecule has 0 amide bonds. The molecule has 0 spiro atoms. The molecular formula is C13H17N3O2. The first-order valence-electron chi connectivity index (χ1n) is 5.64. The van der Waals surface area contributed by atoms with Crippen molar-refractivity contribution in [2.75, 3.05) is 18.0 Å². The summed E-state index contributed by atoms with van der Waals surface area (Å²) in [4.78, 5) is 12.6. The molecule has 1 aromatic rings. The van der Waals surface area contributed by atoms with Crippen LogP contribution in [-0.4, -0.2) is 33.9 Å². The van der Waals surface area contributed by atoms with Gasteiger partial charge in [0.2, 0.25) is 0 Å². The summed E-state index contributed by atoms with van der Waals surface area (Å²) >= 11 is 0. The molecule has 0 saturated heterocycles. The molecule has 0 aliphatic carbocycles. The van der Waals surface area contributed by atoms with Crippen LogP contribution in [0.5, 0.6) is 0 Å². The Morgan fingerprint density at radius 2 is 2.33 bits per heavy atom. The van der Waals surface area contributed by atoms with Crippen molar-refractivity contribution < 1.29 is 9.90 Å². The van der Waals surface area contributed by atoms with Crippen molar-refractivity contribution in [1.29, 1.82) is 0 Å². The van der Waals surface area contributed by atoms with E-state index in [1.165, 1.54) is 0 Å². The maximum absolute atomic E-state index is 10.6. The average Bonchev–Trinajstić information content (AvgIpc) is 2.58. The summed E-state index contributed by atoms with van der Waals surface area (Å²) in [5, 5.41) is 13.0. The molecule has 0 bridgehead atoms. The van der Waals surface area contributed by atoms with E-state index in [0.29, 0.717) is 6.54 Å². The number of hydrogen-bond acceptors (Lipinski definition) is 3. The average molecular weight is 247 g/mol. The van der Waals surface area contributed by atoms with Gasteiger partial charge in [0.25, 0.3) is 0 Å². The lowest BCUT2D eigenvalue weighted by molar-refractivity contribution is -0.131. The van der Waals surface area contributed by atoms with Crippen LogP contribution in [-0.2, 0) is 11.8 Å². The van der Waals surface area contributed by atoms with Crippen LogP contribution in [0, 0.1) is 19.3 Å². The fourth-order valence-electron chi connectivity index (χ4n) is 1.83. The molecule has 5 nitrogen and oxygen atoms in total. The molecule has 0 aromatic carbocycles. The molecule has 1 heterocycles. The van der Waals surface area contributed by atoms with Crippen LogP contribution in [0.25, 0.3) is 6.08 Å². The van der Waals surface area contributed by atoms with Gasteiger partial charge in [0.05, 0.1) is 12.2 Å². The summed E-state index contributed by atoms with van der Waals surface area (Å²) in [7, 11) is 1.82. The minimum absolute atomic E-state index is 0.462. The van der Waals surface area contributed by atoms with Crippen LogP contribution in [0.1, 0.15) is 18.2 Å². The van der Waals surface area contributed by atoms with E-state index in [1.54, 1.807) is 10.8 Å². The van der Waals surface area contributed by atoms with E-state index >= 15 is 0 Å². The SMILES string of the molecule is C#CCN(CC)c1c(/C=C/C(=O)O)c(C)nn1C. The maximum Gasteiger partial charge on any atom is 0.328 e. The van der Waals surface area contributed by atoms with Gasteiger partial charge in [0, 0.05) is 25.2 Å². The Kier molecular flexibility index (Phi) is 4.55. The summed E-state index contributed by atoms with van der Waals surface area (Å²) < 4.78 is 1.72. The van der Waals surface area contributed by atoms with Crippen molar-refractivity contribution in [3.63, 3.8) is 0 Å². The van der Waals surface area contributed by atoms with Crippen LogP contribution < -0.4 is 4.90 Å². The number of anilines is 1. The topological polar surface area (TPSA) is 58.4 Å². The predicted octanol–water partition coefficient (Wildman–Crippen LogP) is 1.29. The molecule has 0 fully saturated rings. The van der Waals surface area contributed by atoms with E-state index in [4.69, 9.17) is 11.5 Å². The molecule has 1 N–H and O–H groups in total. The highest BCUT2D eigenvalue weighted by molar-refractivity contribution is 5.87. The molecule has 1 rings (SSSR count). The fraction of sp³-hybridized carbons (Fsp3) is 0.385. The molecule has 1 aromatic heterocycles. The van der Waals surface area contributed by atoms with Crippen molar-refractivity contribution >= 4 is 17.9 Å². The first kappa shape index (κ1) is 13.8. The smallest absolute Gasteiger partial charge is 0.328 e. The van der Waals surface area contributed by atoms with Gasteiger partial charge in [-0.25, -0.2) is 4.79 Å². The van der Waals surface area contributed by atoms with Gasteiger partial charge < -0.3 is 10.0 Å². The standard InChI is InChI=1S/C13H17N3O2/c1-5-9-16(6-2)13-11(7-8-12(17)18)10(3)14-15(13)4/h1,7-8H,6,9H2,2-4H3,(H,17,18)/b8-7+. The third-order valence-corrected chi connectivity index (χ3v) is 2.59.